The molecule has 17 heavy (non-hydrogen) atoms. The molecule has 3 nitrogen and oxygen atoms in total. The van der Waals surface area contributed by atoms with E-state index in [1.54, 1.807) is 0 Å². The Hall–Kier alpha value is -1.04. The quantitative estimate of drug-likeness (QED) is 0.860. The summed E-state index contributed by atoms with van der Waals surface area (Å²) in [5.41, 5.74) is 2.38. The summed E-state index contributed by atoms with van der Waals surface area (Å²) in [4.78, 5) is 0. The summed E-state index contributed by atoms with van der Waals surface area (Å²) in [5, 5.41) is 7.75. The van der Waals surface area contributed by atoms with Gasteiger partial charge >= 0.3 is 0 Å². The van der Waals surface area contributed by atoms with Gasteiger partial charge in [0.15, 0.2) is 0 Å². The minimum Gasteiger partial charge on any atom is -0.380 e. The van der Waals surface area contributed by atoms with Crippen LogP contribution in [-0.4, -0.2) is 9.78 Å². The fourth-order valence-corrected chi connectivity index (χ4v) is 2.13. The molecule has 0 radical (unpaired) electrons. The summed E-state index contributed by atoms with van der Waals surface area (Å²) in [6.45, 7) is 5.07. The van der Waals surface area contributed by atoms with Gasteiger partial charge in [0, 0.05) is 33.6 Å². The SMILES string of the molecule is CC(C)n1cc(CNc2ccccc2I)cn1. The molecule has 4 heteroatoms. The number of para-hydroxylation sites is 1. The molecule has 0 fully saturated rings. The van der Waals surface area contributed by atoms with Crippen molar-refractivity contribution in [1.29, 1.82) is 0 Å². The van der Waals surface area contributed by atoms with Crippen molar-refractivity contribution in [2.24, 2.45) is 0 Å². The van der Waals surface area contributed by atoms with Crippen LogP contribution in [0.2, 0.25) is 0 Å². The maximum absolute atomic E-state index is 4.33. The van der Waals surface area contributed by atoms with Gasteiger partial charge in [-0.15, -0.1) is 0 Å². The van der Waals surface area contributed by atoms with E-state index >= 15 is 0 Å². The van der Waals surface area contributed by atoms with Gasteiger partial charge in [-0.1, -0.05) is 12.1 Å². The second kappa shape index (κ2) is 5.53. The Balaban J connectivity index is 2.00. The number of nitrogens with zero attached hydrogens (tertiary/aromatic N) is 2. The van der Waals surface area contributed by atoms with Crippen LogP contribution in [-0.2, 0) is 6.54 Å². The van der Waals surface area contributed by atoms with Gasteiger partial charge in [-0.05, 0) is 48.6 Å². The third-order valence-electron chi connectivity index (χ3n) is 2.54. The maximum atomic E-state index is 4.33. The third-order valence-corrected chi connectivity index (χ3v) is 3.48. The maximum Gasteiger partial charge on any atom is 0.0539 e. The number of benzene rings is 1. The van der Waals surface area contributed by atoms with Gasteiger partial charge in [0.05, 0.1) is 6.20 Å². The molecule has 1 aromatic heterocycles. The first-order valence-electron chi connectivity index (χ1n) is 5.68. The monoisotopic (exact) mass is 341 g/mol. The molecule has 0 aliphatic heterocycles. The normalized spacial score (nSPS) is 10.8. The standard InChI is InChI=1S/C13H16IN3/c1-10(2)17-9-11(8-16-17)7-15-13-6-4-3-5-12(13)14/h3-6,8-10,15H,7H2,1-2H3. The summed E-state index contributed by atoms with van der Waals surface area (Å²) in [7, 11) is 0. The Morgan fingerprint density at radius 2 is 2.12 bits per heavy atom. The summed E-state index contributed by atoms with van der Waals surface area (Å²) < 4.78 is 3.22. The highest BCUT2D eigenvalue weighted by atomic mass is 127. The van der Waals surface area contributed by atoms with Crippen LogP contribution in [0.3, 0.4) is 0 Å². The van der Waals surface area contributed by atoms with Crippen LogP contribution in [0.4, 0.5) is 5.69 Å². The van der Waals surface area contributed by atoms with Crippen LogP contribution in [0.5, 0.6) is 0 Å². The first-order chi connectivity index (χ1) is 8.16. The number of halogens is 1. The van der Waals surface area contributed by atoms with Crippen LogP contribution in [0.1, 0.15) is 25.5 Å². The zero-order valence-electron chi connectivity index (χ0n) is 10.0. The van der Waals surface area contributed by atoms with Gasteiger partial charge in [0.25, 0.3) is 0 Å². The van der Waals surface area contributed by atoms with Crippen LogP contribution in [0.15, 0.2) is 36.7 Å². The second-order valence-electron chi connectivity index (χ2n) is 4.26. The fraction of sp³-hybridized carbons (Fsp3) is 0.308. The lowest BCUT2D eigenvalue weighted by Gasteiger charge is -2.07. The van der Waals surface area contributed by atoms with Crippen LogP contribution in [0.25, 0.3) is 0 Å². The van der Waals surface area contributed by atoms with Crippen molar-refractivity contribution in [3.63, 3.8) is 0 Å². The molecule has 0 unspecified atom stereocenters. The largest absolute Gasteiger partial charge is 0.380 e. The molecular weight excluding hydrogens is 325 g/mol. The fourth-order valence-electron chi connectivity index (χ4n) is 1.55. The van der Waals surface area contributed by atoms with E-state index in [0.29, 0.717) is 6.04 Å². The highest BCUT2D eigenvalue weighted by molar-refractivity contribution is 14.1. The van der Waals surface area contributed by atoms with E-state index in [2.05, 4.69) is 65.2 Å². The molecule has 0 aliphatic carbocycles. The van der Waals surface area contributed by atoms with Crippen molar-refractivity contribution in [3.05, 3.63) is 45.8 Å². The predicted octanol–water partition coefficient (Wildman–Crippen LogP) is 3.68. The molecule has 0 amide bonds. The number of hydrogen-bond donors (Lipinski definition) is 1. The Bertz CT molecular complexity index is 491. The average molecular weight is 341 g/mol. The molecule has 0 saturated heterocycles. The smallest absolute Gasteiger partial charge is 0.0539 e. The van der Waals surface area contributed by atoms with Crippen LogP contribution in [0, 0.1) is 3.57 Å². The average Bonchev–Trinajstić information content (AvgIpc) is 2.77. The Morgan fingerprint density at radius 1 is 1.35 bits per heavy atom. The number of aromatic nitrogens is 2. The Labute approximate surface area is 115 Å². The first-order valence-corrected chi connectivity index (χ1v) is 6.76. The van der Waals surface area contributed by atoms with Crippen LogP contribution < -0.4 is 5.32 Å². The van der Waals surface area contributed by atoms with E-state index in [1.165, 1.54) is 14.8 Å². The van der Waals surface area contributed by atoms with E-state index in [0.717, 1.165) is 6.54 Å². The summed E-state index contributed by atoms with van der Waals surface area (Å²) >= 11 is 2.34. The lowest BCUT2D eigenvalue weighted by Crippen LogP contribution is -2.01. The molecule has 1 N–H and O–H groups in total. The van der Waals surface area contributed by atoms with Crippen molar-refractivity contribution in [1.82, 2.24) is 9.78 Å². The third kappa shape index (κ3) is 3.21. The van der Waals surface area contributed by atoms with Gasteiger partial charge in [-0.2, -0.15) is 5.10 Å². The molecule has 0 saturated carbocycles. The van der Waals surface area contributed by atoms with Crippen molar-refractivity contribution >= 4 is 28.3 Å². The van der Waals surface area contributed by atoms with Gasteiger partial charge in [0.2, 0.25) is 0 Å². The second-order valence-corrected chi connectivity index (χ2v) is 5.42. The molecule has 0 bridgehead atoms. The van der Waals surface area contributed by atoms with E-state index in [9.17, 15) is 0 Å². The summed E-state index contributed by atoms with van der Waals surface area (Å²) in [6.07, 6.45) is 4.01. The van der Waals surface area contributed by atoms with Gasteiger partial charge in [-0.3, -0.25) is 4.68 Å². The van der Waals surface area contributed by atoms with Crippen molar-refractivity contribution in [3.8, 4) is 0 Å². The topological polar surface area (TPSA) is 29.9 Å². The van der Waals surface area contributed by atoms with Crippen molar-refractivity contribution in [2.45, 2.75) is 26.4 Å². The molecule has 2 rings (SSSR count). The van der Waals surface area contributed by atoms with Crippen LogP contribution >= 0.6 is 22.6 Å². The highest BCUT2D eigenvalue weighted by Gasteiger charge is 2.02. The van der Waals surface area contributed by atoms with Gasteiger partial charge in [0.1, 0.15) is 0 Å². The van der Waals surface area contributed by atoms with Gasteiger partial charge in [-0.25, -0.2) is 0 Å². The van der Waals surface area contributed by atoms with E-state index in [4.69, 9.17) is 0 Å². The molecule has 2 aromatic rings. The molecule has 1 aromatic carbocycles. The number of anilines is 1. The van der Waals surface area contributed by atoms with Gasteiger partial charge < -0.3 is 5.32 Å². The Kier molecular flexibility index (Phi) is 4.04. The number of hydrogen-bond acceptors (Lipinski definition) is 2. The van der Waals surface area contributed by atoms with E-state index < -0.39 is 0 Å². The Morgan fingerprint density at radius 3 is 2.76 bits per heavy atom. The number of nitrogens with one attached hydrogen (secondary N) is 1. The molecule has 0 spiro atoms. The van der Waals surface area contributed by atoms with E-state index in [-0.39, 0.29) is 0 Å². The predicted molar refractivity (Wildman–Crippen MR) is 79.1 cm³/mol. The summed E-state index contributed by atoms with van der Waals surface area (Å²) in [5.74, 6) is 0. The number of rotatable bonds is 4. The van der Waals surface area contributed by atoms with Crippen molar-refractivity contribution < 1.29 is 0 Å². The molecular formula is C13H16IN3. The molecule has 0 aliphatic rings. The minimum absolute atomic E-state index is 0.417. The van der Waals surface area contributed by atoms with Crippen molar-refractivity contribution in [2.75, 3.05) is 5.32 Å². The highest BCUT2D eigenvalue weighted by Crippen LogP contribution is 2.17. The molecule has 90 valence electrons. The lowest BCUT2D eigenvalue weighted by atomic mass is 10.3. The zero-order valence-corrected chi connectivity index (χ0v) is 12.2. The zero-order chi connectivity index (χ0) is 12.3. The first kappa shape index (κ1) is 12.4. The lowest BCUT2D eigenvalue weighted by molar-refractivity contribution is 0.532. The molecule has 1 heterocycles. The summed E-state index contributed by atoms with van der Waals surface area (Å²) in [6, 6.07) is 8.70. The minimum atomic E-state index is 0.417. The molecule has 0 atom stereocenters. The van der Waals surface area contributed by atoms with E-state index in [1.807, 2.05) is 23.0 Å².